The van der Waals surface area contributed by atoms with E-state index in [2.05, 4.69) is 20.3 Å². The third kappa shape index (κ3) is 5.97. The zero-order valence-corrected chi connectivity index (χ0v) is 17.8. The van der Waals surface area contributed by atoms with Gasteiger partial charge in [0.25, 0.3) is 5.69 Å². The van der Waals surface area contributed by atoms with Crippen LogP contribution in [0.25, 0.3) is 0 Å². The summed E-state index contributed by atoms with van der Waals surface area (Å²) in [6.07, 6.45) is 0. The Bertz CT molecular complexity index is 1220. The number of ether oxygens (including phenoxy) is 2. The van der Waals surface area contributed by atoms with E-state index in [9.17, 15) is 19.7 Å². The highest BCUT2D eigenvalue weighted by Gasteiger charge is 2.20. The average molecular weight is 452 g/mol. The molecule has 3 rings (SSSR count). The number of non-ortho nitro benzene ring substituents is 1. The topological polar surface area (TPSA) is 172 Å². The Hall–Kier alpha value is -4.61. The number of rotatable bonds is 8. The number of anilines is 3. The van der Waals surface area contributed by atoms with Gasteiger partial charge in [0.1, 0.15) is 0 Å². The molecule has 1 aromatic heterocycles. The standard InChI is InChI=1S/C21H20N6O6/c1-3-32-18(28)13-8-14(10-15(9-13)27(30)31)19(29)33-11-17-24-20(22)26-21(25-17)23-16-7-5-4-6-12(16)2/h4-10H,3,11H2,1-2H3,(H3,22,23,24,25,26). The predicted molar refractivity (Wildman–Crippen MR) is 117 cm³/mol. The molecule has 0 fully saturated rings. The van der Waals surface area contributed by atoms with Crippen LogP contribution in [-0.4, -0.2) is 38.4 Å². The second kappa shape index (κ2) is 10.1. The van der Waals surface area contributed by atoms with Crippen LogP contribution in [0.1, 0.15) is 39.0 Å². The summed E-state index contributed by atoms with van der Waals surface area (Å²) < 4.78 is 10.0. The van der Waals surface area contributed by atoms with Gasteiger partial charge in [0.05, 0.1) is 22.7 Å². The van der Waals surface area contributed by atoms with Gasteiger partial charge in [-0.1, -0.05) is 18.2 Å². The molecule has 3 aromatic rings. The Morgan fingerprint density at radius 3 is 2.36 bits per heavy atom. The van der Waals surface area contributed by atoms with Crippen LogP contribution in [0.15, 0.2) is 42.5 Å². The number of nitrogens with two attached hydrogens (primary N) is 1. The first kappa shape index (κ1) is 23.1. The third-order valence-electron chi connectivity index (χ3n) is 4.30. The lowest BCUT2D eigenvalue weighted by atomic mass is 10.1. The van der Waals surface area contributed by atoms with Crippen LogP contribution in [-0.2, 0) is 16.1 Å². The van der Waals surface area contributed by atoms with Crippen molar-refractivity contribution in [1.29, 1.82) is 0 Å². The summed E-state index contributed by atoms with van der Waals surface area (Å²) in [5.74, 6) is -1.60. The Labute approximate surface area is 187 Å². The van der Waals surface area contributed by atoms with Crippen LogP contribution < -0.4 is 11.1 Å². The minimum absolute atomic E-state index is 0.0583. The van der Waals surface area contributed by atoms with Crippen molar-refractivity contribution in [3.05, 3.63) is 75.1 Å². The molecule has 12 heteroatoms. The summed E-state index contributed by atoms with van der Waals surface area (Å²) in [6, 6.07) is 10.6. The molecule has 33 heavy (non-hydrogen) atoms. The summed E-state index contributed by atoms with van der Waals surface area (Å²) in [5.41, 5.74) is 6.64. The zero-order chi connectivity index (χ0) is 24.0. The molecular weight excluding hydrogens is 432 g/mol. The zero-order valence-electron chi connectivity index (χ0n) is 17.8. The maximum atomic E-state index is 12.5. The number of hydrogen-bond donors (Lipinski definition) is 2. The Balaban J connectivity index is 1.78. The SMILES string of the molecule is CCOC(=O)c1cc(C(=O)OCc2nc(N)nc(Nc3ccccc3C)n2)cc([N+](=O)[O-])c1. The van der Waals surface area contributed by atoms with Gasteiger partial charge >= 0.3 is 11.9 Å². The van der Waals surface area contributed by atoms with Crippen LogP contribution in [0.3, 0.4) is 0 Å². The second-order valence-electron chi connectivity index (χ2n) is 6.70. The van der Waals surface area contributed by atoms with Crippen LogP contribution in [0.4, 0.5) is 23.3 Å². The molecule has 0 aliphatic carbocycles. The molecule has 0 bridgehead atoms. The monoisotopic (exact) mass is 452 g/mol. The number of aromatic nitrogens is 3. The normalized spacial score (nSPS) is 10.4. The lowest BCUT2D eigenvalue weighted by Crippen LogP contribution is -2.13. The van der Waals surface area contributed by atoms with Gasteiger partial charge in [-0.25, -0.2) is 9.59 Å². The van der Waals surface area contributed by atoms with Gasteiger partial charge in [-0.05, 0) is 31.5 Å². The summed E-state index contributed by atoms with van der Waals surface area (Å²) >= 11 is 0. The molecule has 0 amide bonds. The maximum absolute atomic E-state index is 12.5. The van der Waals surface area contributed by atoms with E-state index in [1.807, 2.05) is 31.2 Å². The van der Waals surface area contributed by atoms with E-state index in [-0.39, 0.29) is 42.1 Å². The van der Waals surface area contributed by atoms with Crippen molar-refractivity contribution in [3.63, 3.8) is 0 Å². The second-order valence-corrected chi connectivity index (χ2v) is 6.70. The van der Waals surface area contributed by atoms with Crippen molar-refractivity contribution in [2.45, 2.75) is 20.5 Å². The molecule has 12 nitrogen and oxygen atoms in total. The van der Waals surface area contributed by atoms with Crippen molar-refractivity contribution < 1.29 is 24.0 Å². The van der Waals surface area contributed by atoms with Crippen LogP contribution >= 0.6 is 0 Å². The highest BCUT2D eigenvalue weighted by Crippen LogP contribution is 2.20. The molecule has 0 unspecified atom stereocenters. The fourth-order valence-corrected chi connectivity index (χ4v) is 2.77. The minimum atomic E-state index is -0.920. The highest BCUT2D eigenvalue weighted by molar-refractivity contribution is 5.96. The molecule has 0 spiro atoms. The van der Waals surface area contributed by atoms with E-state index in [1.54, 1.807) is 6.92 Å². The lowest BCUT2D eigenvalue weighted by Gasteiger charge is -2.10. The molecule has 3 N–H and O–H groups in total. The van der Waals surface area contributed by atoms with Gasteiger partial charge < -0.3 is 20.5 Å². The summed E-state index contributed by atoms with van der Waals surface area (Å²) in [5, 5.41) is 14.2. The minimum Gasteiger partial charge on any atom is -0.462 e. The Morgan fingerprint density at radius 2 is 1.73 bits per heavy atom. The molecular formula is C21H20N6O6. The van der Waals surface area contributed by atoms with Gasteiger partial charge in [-0.2, -0.15) is 15.0 Å². The summed E-state index contributed by atoms with van der Waals surface area (Å²) in [7, 11) is 0. The fourth-order valence-electron chi connectivity index (χ4n) is 2.77. The molecule has 0 atom stereocenters. The molecule has 170 valence electrons. The van der Waals surface area contributed by atoms with Crippen LogP contribution in [0.5, 0.6) is 0 Å². The first-order chi connectivity index (χ1) is 15.8. The summed E-state index contributed by atoms with van der Waals surface area (Å²) in [6.45, 7) is 3.18. The number of para-hydroxylation sites is 1. The number of nitrogens with one attached hydrogen (secondary N) is 1. The van der Waals surface area contributed by atoms with Crippen molar-refractivity contribution in [3.8, 4) is 0 Å². The molecule has 0 saturated carbocycles. The smallest absolute Gasteiger partial charge is 0.338 e. The number of carbonyl (C=O) groups excluding carboxylic acids is 2. The van der Waals surface area contributed by atoms with E-state index in [1.165, 1.54) is 0 Å². The largest absolute Gasteiger partial charge is 0.462 e. The van der Waals surface area contributed by atoms with E-state index >= 15 is 0 Å². The average Bonchev–Trinajstić information content (AvgIpc) is 2.78. The number of esters is 2. The first-order valence-corrected chi connectivity index (χ1v) is 9.73. The number of nitrogens with zero attached hydrogens (tertiary/aromatic N) is 4. The van der Waals surface area contributed by atoms with E-state index < -0.39 is 22.5 Å². The number of nitro groups is 1. The fraction of sp³-hybridized carbons (Fsp3) is 0.190. The van der Waals surface area contributed by atoms with Crippen molar-refractivity contribution in [2.75, 3.05) is 17.7 Å². The number of benzene rings is 2. The molecule has 2 aromatic carbocycles. The maximum Gasteiger partial charge on any atom is 0.338 e. The van der Waals surface area contributed by atoms with E-state index in [0.717, 1.165) is 29.4 Å². The number of aryl methyl sites for hydroxylation is 1. The number of carbonyl (C=O) groups is 2. The third-order valence-corrected chi connectivity index (χ3v) is 4.30. The van der Waals surface area contributed by atoms with E-state index in [0.29, 0.717) is 0 Å². The van der Waals surface area contributed by atoms with Crippen LogP contribution in [0.2, 0.25) is 0 Å². The number of hydrogen-bond acceptors (Lipinski definition) is 11. The van der Waals surface area contributed by atoms with Gasteiger partial charge in [0.2, 0.25) is 11.9 Å². The lowest BCUT2D eigenvalue weighted by molar-refractivity contribution is -0.384. The summed E-state index contributed by atoms with van der Waals surface area (Å²) in [4.78, 5) is 47.1. The first-order valence-electron chi connectivity index (χ1n) is 9.73. The number of nitro benzene ring substituents is 1. The molecule has 0 saturated heterocycles. The molecule has 1 heterocycles. The van der Waals surface area contributed by atoms with Gasteiger partial charge in [-0.3, -0.25) is 10.1 Å². The van der Waals surface area contributed by atoms with Crippen LogP contribution in [0, 0.1) is 17.0 Å². The Kier molecular flexibility index (Phi) is 7.08. The molecule has 0 aliphatic heterocycles. The van der Waals surface area contributed by atoms with Crippen molar-refractivity contribution >= 4 is 35.2 Å². The molecule has 0 radical (unpaired) electrons. The number of nitrogen functional groups attached to an aromatic ring is 1. The van der Waals surface area contributed by atoms with Crippen molar-refractivity contribution in [1.82, 2.24) is 15.0 Å². The quantitative estimate of drug-likeness (QED) is 0.292. The van der Waals surface area contributed by atoms with Gasteiger partial charge in [0, 0.05) is 17.8 Å². The Morgan fingerprint density at radius 1 is 1.06 bits per heavy atom. The predicted octanol–water partition coefficient (Wildman–Crippen LogP) is 2.95. The highest BCUT2D eigenvalue weighted by atomic mass is 16.6. The van der Waals surface area contributed by atoms with E-state index in [4.69, 9.17) is 15.2 Å². The van der Waals surface area contributed by atoms with Gasteiger partial charge in [0.15, 0.2) is 12.4 Å². The van der Waals surface area contributed by atoms with Gasteiger partial charge in [-0.15, -0.1) is 0 Å². The molecule has 0 aliphatic rings. The van der Waals surface area contributed by atoms with Crippen molar-refractivity contribution in [2.24, 2.45) is 0 Å².